The molecule has 0 aliphatic heterocycles. The van der Waals surface area contributed by atoms with Crippen molar-refractivity contribution < 1.29 is 0 Å². The summed E-state index contributed by atoms with van der Waals surface area (Å²) >= 11 is 0. The van der Waals surface area contributed by atoms with Gasteiger partial charge in [-0.2, -0.15) is 0 Å². The molecule has 1 unspecified atom stereocenters. The van der Waals surface area contributed by atoms with Gasteiger partial charge in [-0.25, -0.2) is 0 Å². The number of nitrogens with two attached hydrogens (primary N) is 1. The van der Waals surface area contributed by atoms with Crippen molar-refractivity contribution in [2.24, 2.45) is 5.73 Å². The molecule has 1 heterocycles. The Morgan fingerprint density at radius 2 is 1.75 bits per heavy atom. The molecule has 2 aromatic rings. The Kier molecular flexibility index (Phi) is 4.74. The zero-order chi connectivity index (χ0) is 14.5. The SMILES string of the molecule is CCCCCCC(N)c1ccc2[nH]c(=O)c(=O)[nH]c2c1. The van der Waals surface area contributed by atoms with E-state index in [-0.39, 0.29) is 6.04 Å². The third kappa shape index (κ3) is 3.36. The molecule has 0 spiro atoms. The lowest BCUT2D eigenvalue weighted by atomic mass is 10.0. The number of H-pyrrole nitrogens is 2. The van der Waals surface area contributed by atoms with E-state index in [9.17, 15) is 9.59 Å². The normalized spacial score (nSPS) is 12.7. The van der Waals surface area contributed by atoms with Crippen LogP contribution in [0, 0.1) is 0 Å². The smallest absolute Gasteiger partial charge is 0.314 e. The Morgan fingerprint density at radius 1 is 1.05 bits per heavy atom. The number of fused-ring (bicyclic) bond motifs is 1. The standard InChI is InChI=1S/C15H21N3O2/c1-2-3-4-5-6-11(16)10-7-8-12-13(9-10)18-15(20)14(19)17-12/h7-9,11H,2-6,16H2,1H3,(H,17,19)(H,18,20). The van der Waals surface area contributed by atoms with Gasteiger partial charge in [0.2, 0.25) is 0 Å². The van der Waals surface area contributed by atoms with E-state index >= 15 is 0 Å². The van der Waals surface area contributed by atoms with Crippen molar-refractivity contribution in [1.29, 1.82) is 0 Å². The fraction of sp³-hybridized carbons (Fsp3) is 0.467. The molecule has 20 heavy (non-hydrogen) atoms. The van der Waals surface area contributed by atoms with Crippen molar-refractivity contribution in [3.63, 3.8) is 0 Å². The number of aromatic amines is 2. The van der Waals surface area contributed by atoms with Crippen LogP contribution < -0.4 is 16.9 Å². The molecule has 0 aliphatic rings. The van der Waals surface area contributed by atoms with Crippen molar-refractivity contribution in [3.05, 3.63) is 44.5 Å². The summed E-state index contributed by atoms with van der Waals surface area (Å²) in [7, 11) is 0. The van der Waals surface area contributed by atoms with Crippen molar-refractivity contribution in [2.45, 2.75) is 45.1 Å². The molecule has 0 aliphatic carbocycles. The Balaban J connectivity index is 2.16. The maximum absolute atomic E-state index is 11.3. The molecule has 1 aromatic heterocycles. The van der Waals surface area contributed by atoms with Gasteiger partial charge in [-0.1, -0.05) is 38.7 Å². The topological polar surface area (TPSA) is 91.7 Å². The number of benzene rings is 1. The fourth-order valence-corrected chi connectivity index (χ4v) is 2.32. The monoisotopic (exact) mass is 275 g/mol. The summed E-state index contributed by atoms with van der Waals surface area (Å²) < 4.78 is 0. The maximum Gasteiger partial charge on any atom is 0.314 e. The lowest BCUT2D eigenvalue weighted by Crippen LogP contribution is -2.29. The van der Waals surface area contributed by atoms with Gasteiger partial charge in [0, 0.05) is 6.04 Å². The molecule has 4 N–H and O–H groups in total. The van der Waals surface area contributed by atoms with E-state index in [4.69, 9.17) is 5.73 Å². The minimum Gasteiger partial charge on any atom is -0.324 e. The van der Waals surface area contributed by atoms with Gasteiger partial charge in [-0.15, -0.1) is 0 Å². The van der Waals surface area contributed by atoms with E-state index in [2.05, 4.69) is 16.9 Å². The van der Waals surface area contributed by atoms with E-state index in [0.717, 1.165) is 18.4 Å². The van der Waals surface area contributed by atoms with Crippen LogP contribution in [0.4, 0.5) is 0 Å². The van der Waals surface area contributed by atoms with Crippen LogP contribution in [0.15, 0.2) is 27.8 Å². The number of rotatable bonds is 6. The predicted molar refractivity (Wildman–Crippen MR) is 80.9 cm³/mol. The number of unbranched alkanes of at least 4 members (excludes halogenated alkanes) is 3. The van der Waals surface area contributed by atoms with Crippen molar-refractivity contribution in [2.75, 3.05) is 0 Å². The Morgan fingerprint density at radius 3 is 2.45 bits per heavy atom. The van der Waals surface area contributed by atoms with Gasteiger partial charge < -0.3 is 15.7 Å². The second-order valence-corrected chi connectivity index (χ2v) is 5.17. The van der Waals surface area contributed by atoms with Crippen LogP contribution in [0.2, 0.25) is 0 Å². The molecule has 5 heteroatoms. The quantitative estimate of drug-likeness (QED) is 0.557. The molecule has 0 bridgehead atoms. The zero-order valence-corrected chi connectivity index (χ0v) is 11.7. The molecule has 0 saturated carbocycles. The summed E-state index contributed by atoms with van der Waals surface area (Å²) in [5.41, 5.74) is 7.13. The van der Waals surface area contributed by atoms with Crippen LogP contribution in [0.1, 0.15) is 50.6 Å². The molecule has 1 aromatic carbocycles. The summed E-state index contributed by atoms with van der Waals surface area (Å²) in [6.07, 6.45) is 5.68. The number of nitrogens with one attached hydrogen (secondary N) is 2. The van der Waals surface area contributed by atoms with E-state index < -0.39 is 11.1 Å². The van der Waals surface area contributed by atoms with Gasteiger partial charge >= 0.3 is 11.1 Å². The Hall–Kier alpha value is -1.88. The van der Waals surface area contributed by atoms with Gasteiger partial charge in [0.05, 0.1) is 11.0 Å². The highest BCUT2D eigenvalue weighted by molar-refractivity contribution is 5.74. The number of aromatic nitrogens is 2. The summed E-state index contributed by atoms with van der Waals surface area (Å²) in [6, 6.07) is 5.50. The molecule has 2 rings (SSSR count). The highest BCUT2D eigenvalue weighted by atomic mass is 16.2. The fourth-order valence-electron chi connectivity index (χ4n) is 2.32. The lowest BCUT2D eigenvalue weighted by Gasteiger charge is -2.12. The van der Waals surface area contributed by atoms with Gasteiger partial charge in [-0.3, -0.25) is 9.59 Å². The molecule has 0 amide bonds. The predicted octanol–water partition coefficient (Wildman–Crippen LogP) is 2.19. The van der Waals surface area contributed by atoms with Crippen molar-refractivity contribution in [1.82, 2.24) is 9.97 Å². The van der Waals surface area contributed by atoms with Gasteiger partial charge in [0.15, 0.2) is 0 Å². The minimum atomic E-state index is -0.633. The molecule has 0 radical (unpaired) electrons. The van der Waals surface area contributed by atoms with Crippen LogP contribution in [-0.4, -0.2) is 9.97 Å². The summed E-state index contributed by atoms with van der Waals surface area (Å²) in [5.74, 6) is 0. The van der Waals surface area contributed by atoms with Crippen LogP contribution >= 0.6 is 0 Å². The average Bonchev–Trinajstić information content (AvgIpc) is 2.44. The molecular formula is C15H21N3O2. The first kappa shape index (κ1) is 14.5. The van der Waals surface area contributed by atoms with Crippen LogP contribution in [0.5, 0.6) is 0 Å². The summed E-state index contributed by atoms with van der Waals surface area (Å²) in [5, 5.41) is 0. The van der Waals surface area contributed by atoms with Crippen LogP contribution in [0.3, 0.4) is 0 Å². The molecular weight excluding hydrogens is 254 g/mol. The second kappa shape index (κ2) is 6.52. The summed E-state index contributed by atoms with van der Waals surface area (Å²) in [4.78, 5) is 27.7. The van der Waals surface area contributed by atoms with Crippen LogP contribution in [0.25, 0.3) is 11.0 Å². The largest absolute Gasteiger partial charge is 0.324 e. The summed E-state index contributed by atoms with van der Waals surface area (Å²) in [6.45, 7) is 2.18. The average molecular weight is 275 g/mol. The minimum absolute atomic E-state index is 0.0355. The first-order valence-corrected chi connectivity index (χ1v) is 7.13. The lowest BCUT2D eigenvalue weighted by molar-refractivity contribution is 0.566. The molecule has 0 fully saturated rings. The van der Waals surface area contributed by atoms with E-state index in [1.54, 1.807) is 6.07 Å². The van der Waals surface area contributed by atoms with Gasteiger partial charge in [-0.05, 0) is 24.1 Å². The maximum atomic E-state index is 11.3. The van der Waals surface area contributed by atoms with Gasteiger partial charge in [0.1, 0.15) is 0 Å². The second-order valence-electron chi connectivity index (χ2n) is 5.17. The first-order chi connectivity index (χ1) is 9.61. The molecule has 5 nitrogen and oxygen atoms in total. The third-order valence-electron chi connectivity index (χ3n) is 3.54. The van der Waals surface area contributed by atoms with E-state index in [0.29, 0.717) is 11.0 Å². The first-order valence-electron chi connectivity index (χ1n) is 7.13. The number of hydrogen-bond donors (Lipinski definition) is 3. The highest BCUT2D eigenvalue weighted by Gasteiger charge is 2.07. The van der Waals surface area contributed by atoms with Crippen molar-refractivity contribution in [3.8, 4) is 0 Å². The van der Waals surface area contributed by atoms with Crippen molar-refractivity contribution >= 4 is 11.0 Å². The molecule has 0 saturated heterocycles. The molecule has 1 atom stereocenters. The van der Waals surface area contributed by atoms with E-state index in [1.165, 1.54) is 19.3 Å². The third-order valence-corrected chi connectivity index (χ3v) is 3.54. The Bertz CT molecular complexity index is 687. The van der Waals surface area contributed by atoms with Crippen LogP contribution in [-0.2, 0) is 0 Å². The van der Waals surface area contributed by atoms with Gasteiger partial charge in [0.25, 0.3) is 0 Å². The highest BCUT2D eigenvalue weighted by Crippen LogP contribution is 2.20. The Labute approximate surface area is 117 Å². The molecule has 108 valence electrons. The van der Waals surface area contributed by atoms with E-state index in [1.807, 2.05) is 12.1 Å². The number of hydrogen-bond acceptors (Lipinski definition) is 3. The zero-order valence-electron chi connectivity index (χ0n) is 11.7.